The highest BCUT2D eigenvalue weighted by atomic mass is 32.1. The molecule has 0 fully saturated rings. The maximum Gasteiger partial charge on any atom is 0.164 e. The monoisotopic (exact) mass is 541 g/mol. The van der Waals surface area contributed by atoms with Gasteiger partial charge >= 0.3 is 0 Å². The standard InChI is InChI=1S/C37H23N3S/c1-3-11-26(12-4-1)35-38-36(27-13-5-2-6-14-27)40-37(39-35)28-20-18-25(19-21-28)30-16-9-17-31-33(30)34-29-15-8-7-10-24(29)22-23-32(34)41-31/h1-23H. The maximum absolute atomic E-state index is 4.90. The predicted octanol–water partition coefficient (Wildman–Crippen LogP) is 10.1. The van der Waals surface area contributed by atoms with Crippen LogP contribution in [0.3, 0.4) is 0 Å². The van der Waals surface area contributed by atoms with Crippen molar-refractivity contribution in [1.82, 2.24) is 15.0 Å². The summed E-state index contributed by atoms with van der Waals surface area (Å²) in [5, 5.41) is 5.21. The smallest absolute Gasteiger partial charge is 0.164 e. The van der Waals surface area contributed by atoms with E-state index >= 15 is 0 Å². The lowest BCUT2D eigenvalue weighted by Crippen LogP contribution is -2.00. The number of hydrogen-bond acceptors (Lipinski definition) is 4. The molecule has 6 aromatic carbocycles. The van der Waals surface area contributed by atoms with E-state index in [9.17, 15) is 0 Å². The zero-order valence-corrected chi connectivity index (χ0v) is 22.8. The van der Waals surface area contributed by atoms with E-state index in [1.807, 2.05) is 72.0 Å². The molecule has 0 saturated carbocycles. The maximum atomic E-state index is 4.90. The third-order valence-electron chi connectivity index (χ3n) is 7.54. The fourth-order valence-electron chi connectivity index (χ4n) is 5.56. The molecule has 0 aliphatic heterocycles. The SMILES string of the molecule is c1ccc(-c2nc(-c3ccccc3)nc(-c3ccc(-c4cccc5sc6ccc7ccccc7c6c45)cc3)n2)cc1. The van der Waals surface area contributed by atoms with E-state index in [4.69, 9.17) is 15.0 Å². The first kappa shape index (κ1) is 23.7. The Morgan fingerprint density at radius 3 is 1.56 bits per heavy atom. The minimum atomic E-state index is 0.662. The van der Waals surface area contributed by atoms with E-state index in [0.717, 1.165) is 16.7 Å². The summed E-state index contributed by atoms with van der Waals surface area (Å²) < 4.78 is 2.62. The van der Waals surface area contributed by atoms with Crippen molar-refractivity contribution < 1.29 is 0 Å². The number of hydrogen-bond donors (Lipinski definition) is 0. The molecule has 192 valence electrons. The zero-order chi connectivity index (χ0) is 27.2. The largest absolute Gasteiger partial charge is 0.208 e. The molecule has 8 rings (SSSR count). The Kier molecular flexibility index (Phi) is 5.64. The van der Waals surface area contributed by atoms with E-state index in [-0.39, 0.29) is 0 Å². The van der Waals surface area contributed by atoms with Gasteiger partial charge < -0.3 is 0 Å². The van der Waals surface area contributed by atoms with Gasteiger partial charge in [-0.05, 0) is 34.0 Å². The van der Waals surface area contributed by atoms with Gasteiger partial charge in [0.1, 0.15) is 0 Å². The van der Waals surface area contributed by atoms with E-state index in [2.05, 4.69) is 78.9 Å². The highest BCUT2D eigenvalue weighted by molar-refractivity contribution is 7.26. The molecule has 0 spiro atoms. The van der Waals surface area contributed by atoms with Gasteiger partial charge in [-0.2, -0.15) is 0 Å². The molecule has 0 saturated heterocycles. The molecule has 0 aliphatic rings. The second-order valence-corrected chi connectivity index (χ2v) is 11.1. The summed E-state index contributed by atoms with van der Waals surface area (Å²) in [6.45, 7) is 0. The van der Waals surface area contributed by atoms with E-state index in [1.165, 1.54) is 42.1 Å². The molecular formula is C37H23N3S. The lowest BCUT2D eigenvalue weighted by Gasteiger charge is -2.10. The summed E-state index contributed by atoms with van der Waals surface area (Å²) in [4.78, 5) is 14.6. The van der Waals surface area contributed by atoms with Crippen molar-refractivity contribution in [2.75, 3.05) is 0 Å². The Labute approximate surface area is 241 Å². The molecule has 0 unspecified atom stereocenters. The Morgan fingerprint density at radius 2 is 0.902 bits per heavy atom. The van der Waals surface area contributed by atoms with Crippen LogP contribution >= 0.6 is 11.3 Å². The fraction of sp³-hybridized carbons (Fsp3) is 0. The summed E-state index contributed by atoms with van der Waals surface area (Å²) in [7, 11) is 0. The first-order chi connectivity index (χ1) is 20.3. The van der Waals surface area contributed by atoms with E-state index < -0.39 is 0 Å². The van der Waals surface area contributed by atoms with Crippen LogP contribution in [-0.2, 0) is 0 Å². The van der Waals surface area contributed by atoms with Crippen LogP contribution in [0.5, 0.6) is 0 Å². The second kappa shape index (κ2) is 9.77. The molecule has 0 aliphatic carbocycles. The number of benzene rings is 6. The molecule has 0 bridgehead atoms. The summed E-state index contributed by atoms with van der Waals surface area (Å²) in [5.74, 6) is 1.99. The second-order valence-electron chi connectivity index (χ2n) is 10.1. The highest BCUT2D eigenvalue weighted by Crippen LogP contribution is 2.43. The van der Waals surface area contributed by atoms with Crippen LogP contribution in [0.15, 0.2) is 140 Å². The van der Waals surface area contributed by atoms with Crippen LogP contribution in [0.2, 0.25) is 0 Å². The predicted molar refractivity (Wildman–Crippen MR) is 172 cm³/mol. The summed E-state index contributed by atoms with van der Waals surface area (Å²) in [6, 6.07) is 48.6. The number of rotatable bonds is 4. The van der Waals surface area contributed by atoms with Gasteiger partial charge in [0.05, 0.1) is 0 Å². The van der Waals surface area contributed by atoms with Gasteiger partial charge in [0, 0.05) is 36.9 Å². The van der Waals surface area contributed by atoms with Crippen molar-refractivity contribution >= 4 is 42.3 Å². The van der Waals surface area contributed by atoms with Gasteiger partial charge in [0.15, 0.2) is 17.5 Å². The molecule has 0 radical (unpaired) electrons. The Morgan fingerprint density at radius 1 is 0.366 bits per heavy atom. The van der Waals surface area contributed by atoms with Crippen molar-refractivity contribution in [3.05, 3.63) is 140 Å². The first-order valence-corrected chi connectivity index (χ1v) is 14.4. The Hall–Kier alpha value is -5.19. The normalized spacial score (nSPS) is 11.4. The lowest BCUT2D eigenvalue weighted by molar-refractivity contribution is 1.07. The van der Waals surface area contributed by atoms with Gasteiger partial charge in [-0.1, -0.05) is 127 Å². The van der Waals surface area contributed by atoms with Crippen LogP contribution in [0.4, 0.5) is 0 Å². The zero-order valence-electron chi connectivity index (χ0n) is 22.0. The van der Waals surface area contributed by atoms with Crippen LogP contribution in [0.1, 0.15) is 0 Å². The van der Waals surface area contributed by atoms with Gasteiger partial charge in [0.2, 0.25) is 0 Å². The topological polar surface area (TPSA) is 38.7 Å². The molecule has 0 atom stereocenters. The van der Waals surface area contributed by atoms with Gasteiger partial charge in [-0.25, -0.2) is 15.0 Å². The number of aromatic nitrogens is 3. The Balaban J connectivity index is 1.27. The molecule has 0 amide bonds. The van der Waals surface area contributed by atoms with E-state index in [1.54, 1.807) is 0 Å². The molecule has 2 aromatic heterocycles. The third-order valence-corrected chi connectivity index (χ3v) is 8.66. The van der Waals surface area contributed by atoms with Crippen molar-refractivity contribution in [2.45, 2.75) is 0 Å². The molecule has 0 N–H and O–H groups in total. The lowest BCUT2D eigenvalue weighted by atomic mass is 9.96. The third kappa shape index (κ3) is 4.17. The minimum Gasteiger partial charge on any atom is -0.208 e. The average Bonchev–Trinajstić information content (AvgIpc) is 3.45. The fourth-order valence-corrected chi connectivity index (χ4v) is 6.71. The first-order valence-electron chi connectivity index (χ1n) is 13.6. The summed E-state index contributed by atoms with van der Waals surface area (Å²) in [5.41, 5.74) is 5.30. The van der Waals surface area contributed by atoms with Gasteiger partial charge in [-0.3, -0.25) is 0 Å². The molecule has 4 heteroatoms. The number of fused-ring (bicyclic) bond motifs is 5. The van der Waals surface area contributed by atoms with Crippen molar-refractivity contribution in [3.63, 3.8) is 0 Å². The minimum absolute atomic E-state index is 0.662. The summed E-state index contributed by atoms with van der Waals surface area (Å²) in [6.07, 6.45) is 0. The molecule has 8 aromatic rings. The number of nitrogens with zero attached hydrogens (tertiary/aromatic N) is 3. The van der Waals surface area contributed by atoms with Crippen molar-refractivity contribution in [1.29, 1.82) is 0 Å². The molecule has 41 heavy (non-hydrogen) atoms. The van der Waals surface area contributed by atoms with Crippen LogP contribution < -0.4 is 0 Å². The quantitative estimate of drug-likeness (QED) is 0.222. The Bertz CT molecular complexity index is 2130. The van der Waals surface area contributed by atoms with Gasteiger partial charge in [0.25, 0.3) is 0 Å². The molecule has 2 heterocycles. The van der Waals surface area contributed by atoms with Crippen LogP contribution in [0, 0.1) is 0 Å². The van der Waals surface area contributed by atoms with E-state index in [0.29, 0.717) is 17.5 Å². The molecule has 3 nitrogen and oxygen atoms in total. The average molecular weight is 542 g/mol. The van der Waals surface area contributed by atoms with Crippen molar-refractivity contribution in [2.24, 2.45) is 0 Å². The van der Waals surface area contributed by atoms with Crippen LogP contribution in [-0.4, -0.2) is 15.0 Å². The molecular weight excluding hydrogens is 518 g/mol. The van der Waals surface area contributed by atoms with Crippen LogP contribution in [0.25, 0.3) is 76.2 Å². The highest BCUT2D eigenvalue weighted by Gasteiger charge is 2.15. The number of thiophene rings is 1. The summed E-state index contributed by atoms with van der Waals surface area (Å²) >= 11 is 1.86. The van der Waals surface area contributed by atoms with Gasteiger partial charge in [-0.15, -0.1) is 11.3 Å². The van der Waals surface area contributed by atoms with Crippen molar-refractivity contribution in [3.8, 4) is 45.3 Å².